The van der Waals surface area contributed by atoms with E-state index in [0.29, 0.717) is 29.9 Å². The highest BCUT2D eigenvalue weighted by Gasteiger charge is 2.36. The van der Waals surface area contributed by atoms with E-state index in [1.165, 1.54) is 68.7 Å². The molecule has 11 heteroatoms. The normalized spacial score (nSPS) is 24.6. The van der Waals surface area contributed by atoms with Gasteiger partial charge in [0.1, 0.15) is 5.75 Å². The third-order valence-electron chi connectivity index (χ3n) is 9.65. The summed E-state index contributed by atoms with van der Waals surface area (Å²) in [7, 11) is -2.32. The minimum atomic E-state index is -3.85. The molecule has 1 saturated carbocycles. The van der Waals surface area contributed by atoms with Gasteiger partial charge in [-0.15, -0.1) is 0 Å². The number of amides is 1. The number of ether oxygens (including phenoxy) is 3. The fourth-order valence-corrected chi connectivity index (χ4v) is 8.59. The highest BCUT2D eigenvalue weighted by molar-refractivity contribution is 7.89. The lowest BCUT2D eigenvalue weighted by Crippen LogP contribution is -2.49. The molecule has 0 aromatic heterocycles. The van der Waals surface area contributed by atoms with Gasteiger partial charge in [-0.05, 0) is 93.8 Å². The van der Waals surface area contributed by atoms with Gasteiger partial charge in [0.2, 0.25) is 16.3 Å². The smallest absolute Gasteiger partial charge is 0.288 e. The van der Waals surface area contributed by atoms with E-state index in [2.05, 4.69) is 4.90 Å². The second-order valence-corrected chi connectivity index (χ2v) is 14.3. The Balaban J connectivity index is 1.20. The number of sulfonamides is 1. The van der Waals surface area contributed by atoms with Crippen molar-refractivity contribution < 1.29 is 32.5 Å². The van der Waals surface area contributed by atoms with Crippen LogP contribution >= 0.6 is 0 Å². The first-order valence-corrected chi connectivity index (χ1v) is 17.6. The van der Waals surface area contributed by atoms with Crippen molar-refractivity contribution in [2.45, 2.75) is 81.4 Å². The van der Waals surface area contributed by atoms with Crippen LogP contribution in [0.2, 0.25) is 0 Å². The second-order valence-electron chi connectivity index (χ2n) is 12.3. The van der Waals surface area contributed by atoms with Gasteiger partial charge in [0.25, 0.3) is 5.91 Å². The topological polar surface area (TPSA) is 109 Å². The number of likely N-dealkylation sites (tertiary alicyclic amines) is 2. The lowest BCUT2D eigenvalue weighted by molar-refractivity contribution is -0.157. The van der Waals surface area contributed by atoms with Gasteiger partial charge >= 0.3 is 0 Å². The van der Waals surface area contributed by atoms with Crippen molar-refractivity contribution in [3.8, 4) is 5.75 Å². The monoisotopic (exact) mass is 619 g/mol. The summed E-state index contributed by atoms with van der Waals surface area (Å²) in [6.45, 7) is 3.59. The molecule has 1 amide bonds. The van der Waals surface area contributed by atoms with Crippen LogP contribution in [-0.2, 0) is 24.3 Å². The van der Waals surface area contributed by atoms with Gasteiger partial charge in [0.05, 0.1) is 25.2 Å². The van der Waals surface area contributed by atoms with E-state index >= 15 is 0 Å². The van der Waals surface area contributed by atoms with E-state index in [1.807, 2.05) is 11.0 Å². The van der Waals surface area contributed by atoms with Crippen LogP contribution in [0.5, 0.6) is 5.75 Å². The first-order chi connectivity index (χ1) is 20.9. The third kappa shape index (κ3) is 8.11. The lowest BCUT2D eigenvalue weighted by atomic mass is 9.86. The molecule has 3 fully saturated rings. The predicted octanol–water partition coefficient (Wildman–Crippen LogP) is 3.61. The number of allylic oxidation sites excluding steroid dienone is 1. The Morgan fingerprint density at radius 1 is 0.977 bits per heavy atom. The Morgan fingerprint density at radius 3 is 2.33 bits per heavy atom. The standard InChI is InChI=1S/C32H49N3O7S/c1-40-28-9-11-29(12-10-28)43(38,39)35(19-21-36)20-22-41-31-24-26(25-7-3-4-8-25)23-30(42-31)32(37)34-17-13-27(14-18-34)33-15-5-2-6-16-33/h9-12,23,25-27,31,36H,2-8,13-22,24H2,1H3/t26-,31+/m0/s1. The largest absolute Gasteiger partial charge is 0.497 e. The minimum absolute atomic E-state index is 0.0506. The second kappa shape index (κ2) is 15.2. The molecule has 10 nitrogen and oxygen atoms in total. The van der Waals surface area contributed by atoms with Crippen LogP contribution < -0.4 is 4.74 Å². The van der Waals surface area contributed by atoms with E-state index in [9.17, 15) is 18.3 Å². The Kier molecular flexibility index (Phi) is 11.4. The summed E-state index contributed by atoms with van der Waals surface area (Å²) in [6, 6.07) is 6.74. The van der Waals surface area contributed by atoms with E-state index in [0.717, 1.165) is 38.8 Å². The molecule has 1 aromatic rings. The Labute approximate surface area is 257 Å². The van der Waals surface area contributed by atoms with Gasteiger partial charge < -0.3 is 29.1 Å². The molecule has 3 aliphatic heterocycles. The molecule has 1 aromatic carbocycles. The number of aliphatic hydroxyl groups is 1. The Morgan fingerprint density at radius 2 is 1.67 bits per heavy atom. The van der Waals surface area contributed by atoms with Crippen molar-refractivity contribution in [2.75, 3.05) is 59.6 Å². The van der Waals surface area contributed by atoms with Crippen molar-refractivity contribution in [1.82, 2.24) is 14.1 Å². The quantitative estimate of drug-likeness (QED) is 0.378. The molecule has 43 heavy (non-hydrogen) atoms. The molecular weight excluding hydrogens is 570 g/mol. The molecule has 0 bridgehead atoms. The molecule has 1 aliphatic carbocycles. The van der Waals surface area contributed by atoms with Crippen molar-refractivity contribution in [2.24, 2.45) is 11.8 Å². The van der Waals surface area contributed by atoms with E-state index < -0.39 is 16.3 Å². The van der Waals surface area contributed by atoms with Gasteiger partial charge in [0.15, 0.2) is 5.76 Å². The molecule has 0 spiro atoms. The number of nitrogens with zero attached hydrogens (tertiary/aromatic N) is 3. The number of rotatable bonds is 12. The number of aliphatic hydroxyl groups excluding tert-OH is 1. The molecule has 4 aliphatic rings. The number of methoxy groups -OCH3 is 1. The fraction of sp³-hybridized carbons (Fsp3) is 0.719. The molecule has 3 heterocycles. The van der Waals surface area contributed by atoms with Crippen LogP contribution in [0.3, 0.4) is 0 Å². The van der Waals surface area contributed by atoms with Crippen LogP contribution in [0.15, 0.2) is 41.0 Å². The van der Waals surface area contributed by atoms with Crippen LogP contribution in [0.25, 0.3) is 0 Å². The molecular formula is C32H49N3O7S. The Hall–Kier alpha value is -2.18. The first-order valence-electron chi connectivity index (χ1n) is 16.2. The van der Waals surface area contributed by atoms with E-state index in [-0.39, 0.29) is 43.0 Å². The highest BCUT2D eigenvalue weighted by atomic mass is 32.2. The molecule has 240 valence electrons. The van der Waals surface area contributed by atoms with Crippen LogP contribution in [0.4, 0.5) is 0 Å². The van der Waals surface area contributed by atoms with E-state index in [4.69, 9.17) is 14.2 Å². The predicted molar refractivity (Wildman–Crippen MR) is 163 cm³/mol. The zero-order valence-corrected chi connectivity index (χ0v) is 26.4. The highest BCUT2D eigenvalue weighted by Crippen LogP contribution is 2.38. The fourth-order valence-electron chi connectivity index (χ4n) is 7.17. The maximum Gasteiger partial charge on any atom is 0.288 e. The van der Waals surface area contributed by atoms with E-state index in [1.54, 1.807) is 12.1 Å². The Bertz CT molecular complexity index is 1170. The summed E-state index contributed by atoms with van der Waals surface area (Å²) >= 11 is 0. The molecule has 0 unspecified atom stereocenters. The van der Waals surface area contributed by atoms with Crippen LogP contribution in [-0.4, -0.2) is 105 Å². The van der Waals surface area contributed by atoms with Gasteiger partial charge in [-0.25, -0.2) is 8.42 Å². The summed E-state index contributed by atoms with van der Waals surface area (Å²) in [5.41, 5.74) is 0. The number of hydrogen-bond donors (Lipinski definition) is 1. The minimum Gasteiger partial charge on any atom is -0.497 e. The number of benzene rings is 1. The molecule has 1 N–H and O–H groups in total. The molecule has 5 rings (SSSR count). The maximum absolute atomic E-state index is 13.7. The van der Waals surface area contributed by atoms with Gasteiger partial charge in [-0.3, -0.25) is 4.79 Å². The summed E-state index contributed by atoms with van der Waals surface area (Å²) in [5, 5.41) is 9.60. The van der Waals surface area contributed by atoms with Crippen molar-refractivity contribution in [1.29, 1.82) is 0 Å². The summed E-state index contributed by atoms with van der Waals surface area (Å²) in [5.74, 6) is 1.58. The summed E-state index contributed by atoms with van der Waals surface area (Å²) in [4.78, 5) is 18.3. The molecule has 0 radical (unpaired) electrons. The summed E-state index contributed by atoms with van der Waals surface area (Å²) < 4.78 is 45.3. The first kappa shape index (κ1) is 32.2. The average Bonchev–Trinajstić information content (AvgIpc) is 3.60. The zero-order valence-electron chi connectivity index (χ0n) is 25.6. The number of carbonyl (C=O) groups excluding carboxylic acids is 1. The lowest BCUT2D eigenvalue weighted by Gasteiger charge is -2.41. The number of carbonyl (C=O) groups is 1. The molecule has 2 saturated heterocycles. The maximum atomic E-state index is 13.7. The van der Waals surface area contributed by atoms with Crippen LogP contribution in [0.1, 0.15) is 64.2 Å². The van der Waals surface area contributed by atoms with Gasteiger partial charge in [0, 0.05) is 38.6 Å². The summed E-state index contributed by atoms with van der Waals surface area (Å²) in [6.07, 6.45) is 12.6. The van der Waals surface area contributed by atoms with Crippen LogP contribution in [0, 0.1) is 11.8 Å². The van der Waals surface area contributed by atoms with Gasteiger partial charge in [-0.2, -0.15) is 4.31 Å². The average molecular weight is 620 g/mol. The SMILES string of the molecule is COc1ccc(S(=O)(=O)N(CCO)CCO[C@H]2C[C@@H](C3CCCC3)C=C(C(=O)N3CCC(N4CCCCC4)CC3)O2)cc1. The van der Waals surface area contributed by atoms with Crippen molar-refractivity contribution in [3.63, 3.8) is 0 Å². The van der Waals surface area contributed by atoms with Gasteiger partial charge in [-0.1, -0.05) is 19.3 Å². The zero-order chi connectivity index (χ0) is 30.2. The van der Waals surface area contributed by atoms with Crippen molar-refractivity contribution in [3.05, 3.63) is 36.1 Å². The molecule has 2 atom stereocenters. The van der Waals surface area contributed by atoms with Crippen molar-refractivity contribution >= 4 is 15.9 Å². The number of hydrogen-bond acceptors (Lipinski definition) is 8. The number of piperidine rings is 2. The third-order valence-corrected chi connectivity index (χ3v) is 11.6.